The molecule has 3 aromatic heterocycles. The van der Waals surface area contributed by atoms with Crippen LogP contribution in [0, 0.1) is 18.3 Å². The number of amides is 1. The van der Waals surface area contributed by atoms with E-state index in [9.17, 15) is 14.4 Å². The zero-order chi connectivity index (χ0) is 23.9. The number of aryl methyl sites for hydroxylation is 2. The summed E-state index contributed by atoms with van der Waals surface area (Å²) in [6, 6.07) is 0. The largest absolute Gasteiger partial charge is 0.462 e. The molecule has 0 aliphatic heterocycles. The van der Waals surface area contributed by atoms with Crippen LogP contribution in [0.4, 0.5) is 5.13 Å². The number of hydrogen-bond donors (Lipinski definition) is 1. The van der Waals surface area contributed by atoms with Crippen LogP contribution in [0.2, 0.25) is 0 Å². The first-order valence-corrected chi connectivity index (χ1v) is 12.5. The smallest absolute Gasteiger partial charge is 0.350 e. The summed E-state index contributed by atoms with van der Waals surface area (Å²) in [6.45, 7) is 10.1. The molecule has 4 rings (SSSR count). The number of fused-ring (bicyclic) bond motifs is 3. The van der Waals surface area contributed by atoms with Crippen LogP contribution >= 0.6 is 22.7 Å². The highest BCUT2D eigenvalue weighted by atomic mass is 32.1. The van der Waals surface area contributed by atoms with Gasteiger partial charge in [0.05, 0.1) is 17.7 Å². The molecule has 33 heavy (non-hydrogen) atoms. The fraction of sp³-hybridized carbons (Fsp3) is 0.545. The molecule has 11 heteroatoms. The summed E-state index contributed by atoms with van der Waals surface area (Å²) < 4.78 is 6.09. The second kappa shape index (κ2) is 8.94. The molecule has 0 saturated carbocycles. The van der Waals surface area contributed by atoms with E-state index < -0.39 is 11.9 Å². The summed E-state index contributed by atoms with van der Waals surface area (Å²) in [4.78, 5) is 44.1. The highest BCUT2D eigenvalue weighted by molar-refractivity contribution is 7.18. The number of nitrogens with zero attached hydrogens (tertiary/aromatic N) is 4. The van der Waals surface area contributed by atoms with Gasteiger partial charge in [-0.25, -0.2) is 14.5 Å². The van der Waals surface area contributed by atoms with Crippen LogP contribution in [0.5, 0.6) is 0 Å². The summed E-state index contributed by atoms with van der Waals surface area (Å²) in [5, 5.41) is 11.7. The number of ether oxygens (including phenoxy) is 1. The van der Waals surface area contributed by atoms with Gasteiger partial charge < -0.3 is 10.1 Å². The number of esters is 1. The molecule has 3 heterocycles. The Balaban J connectivity index is 1.54. The summed E-state index contributed by atoms with van der Waals surface area (Å²) in [7, 11) is 0. The number of hydrogen-bond acceptors (Lipinski definition) is 9. The minimum Gasteiger partial charge on any atom is -0.462 e. The van der Waals surface area contributed by atoms with Crippen molar-refractivity contribution in [2.24, 2.45) is 11.3 Å². The van der Waals surface area contributed by atoms with Crippen molar-refractivity contribution in [2.45, 2.75) is 60.4 Å². The Kier molecular flexibility index (Phi) is 6.37. The van der Waals surface area contributed by atoms with Crippen molar-refractivity contribution in [3.8, 4) is 0 Å². The Bertz CT molecular complexity index is 1280. The van der Waals surface area contributed by atoms with Crippen LogP contribution in [0.3, 0.4) is 0 Å². The first kappa shape index (κ1) is 23.5. The van der Waals surface area contributed by atoms with Crippen molar-refractivity contribution in [3.05, 3.63) is 31.4 Å². The normalized spacial score (nSPS) is 16.0. The van der Waals surface area contributed by atoms with Crippen molar-refractivity contribution in [1.82, 2.24) is 20.0 Å². The van der Waals surface area contributed by atoms with Crippen LogP contribution in [-0.2, 0) is 28.9 Å². The minimum absolute atomic E-state index is 0.208. The topological polar surface area (TPSA) is 116 Å². The van der Waals surface area contributed by atoms with Crippen molar-refractivity contribution in [2.75, 3.05) is 11.9 Å². The van der Waals surface area contributed by atoms with Gasteiger partial charge in [0, 0.05) is 4.88 Å². The predicted octanol–water partition coefficient (Wildman–Crippen LogP) is 3.58. The molecule has 1 N–H and O–H groups in total. The van der Waals surface area contributed by atoms with E-state index in [1.54, 1.807) is 13.8 Å². The predicted molar refractivity (Wildman–Crippen MR) is 128 cm³/mol. The van der Waals surface area contributed by atoms with Gasteiger partial charge >= 0.3 is 5.97 Å². The van der Waals surface area contributed by atoms with Crippen LogP contribution in [0.25, 0.3) is 10.2 Å². The third-order valence-corrected chi connectivity index (χ3v) is 8.15. The number of nitrogens with one attached hydrogen (secondary N) is 1. The number of thiazole rings is 1. The lowest BCUT2D eigenvalue weighted by molar-refractivity contribution is -0.117. The van der Waals surface area contributed by atoms with E-state index in [0.717, 1.165) is 40.8 Å². The van der Waals surface area contributed by atoms with Crippen molar-refractivity contribution in [1.29, 1.82) is 0 Å². The lowest BCUT2D eigenvalue weighted by atomic mass is 9.72. The molecule has 1 aliphatic carbocycles. The van der Waals surface area contributed by atoms with Gasteiger partial charge in [0.25, 0.3) is 5.56 Å². The van der Waals surface area contributed by atoms with Crippen LogP contribution < -0.4 is 10.9 Å². The SMILES string of the molecule is CCOC(=O)c1sc(NC(=O)Cn2nnc3sc4c(c3c2=O)CC[C@@H](C(C)(C)C)C4)nc1C. The average Bonchev–Trinajstić information content (AvgIpc) is 3.29. The highest BCUT2D eigenvalue weighted by Crippen LogP contribution is 2.41. The maximum atomic E-state index is 13.2. The van der Waals surface area contributed by atoms with Gasteiger partial charge in [0.1, 0.15) is 11.4 Å². The van der Waals surface area contributed by atoms with Gasteiger partial charge in [0.2, 0.25) is 5.91 Å². The van der Waals surface area contributed by atoms with Crippen molar-refractivity contribution < 1.29 is 14.3 Å². The van der Waals surface area contributed by atoms with E-state index in [4.69, 9.17) is 4.74 Å². The summed E-state index contributed by atoms with van der Waals surface area (Å²) >= 11 is 2.57. The number of anilines is 1. The van der Waals surface area contributed by atoms with E-state index in [-0.39, 0.29) is 29.3 Å². The fourth-order valence-corrected chi connectivity index (χ4v) is 6.21. The Morgan fingerprint density at radius 2 is 2.03 bits per heavy atom. The molecule has 0 bridgehead atoms. The van der Waals surface area contributed by atoms with Gasteiger partial charge in [-0.15, -0.1) is 16.4 Å². The summed E-state index contributed by atoms with van der Waals surface area (Å²) in [5.41, 5.74) is 1.44. The van der Waals surface area contributed by atoms with Crippen LogP contribution in [-0.4, -0.2) is 38.5 Å². The molecular weight excluding hydrogens is 462 g/mol. The highest BCUT2D eigenvalue weighted by Gasteiger charge is 2.32. The Labute approximate surface area is 199 Å². The average molecular weight is 490 g/mol. The molecule has 0 aromatic carbocycles. The number of aromatic nitrogens is 4. The molecule has 1 aliphatic rings. The van der Waals surface area contributed by atoms with E-state index in [2.05, 4.69) is 41.4 Å². The standard InChI is InChI=1S/C22H27N5O4S2/c1-6-31-20(30)17-11(2)23-21(33-17)24-15(28)10-27-19(29)16-13-8-7-12(22(3,4)5)9-14(13)32-18(16)25-26-27/h12H,6-10H2,1-5H3,(H,23,24,28)/t12-/m1/s1. The van der Waals surface area contributed by atoms with E-state index in [1.807, 2.05) is 0 Å². The summed E-state index contributed by atoms with van der Waals surface area (Å²) in [6.07, 6.45) is 2.79. The lowest BCUT2D eigenvalue weighted by Gasteiger charge is -2.33. The van der Waals surface area contributed by atoms with Gasteiger partial charge in [-0.3, -0.25) is 9.59 Å². The Morgan fingerprint density at radius 3 is 2.73 bits per heavy atom. The number of thiophene rings is 1. The first-order chi connectivity index (χ1) is 15.6. The van der Waals surface area contributed by atoms with Crippen LogP contribution in [0.1, 0.15) is 59.9 Å². The summed E-state index contributed by atoms with van der Waals surface area (Å²) in [5.74, 6) is -0.386. The zero-order valence-electron chi connectivity index (χ0n) is 19.4. The van der Waals surface area contributed by atoms with Gasteiger partial charge in [-0.1, -0.05) is 37.3 Å². The van der Waals surface area contributed by atoms with Gasteiger partial charge in [0.15, 0.2) is 9.96 Å². The van der Waals surface area contributed by atoms with E-state index in [0.29, 0.717) is 26.7 Å². The molecular formula is C22H27N5O4S2. The van der Waals surface area contributed by atoms with E-state index >= 15 is 0 Å². The lowest BCUT2D eigenvalue weighted by Crippen LogP contribution is -2.31. The molecule has 0 fully saturated rings. The molecule has 0 saturated heterocycles. The van der Waals surface area contributed by atoms with Gasteiger partial charge in [-0.2, -0.15) is 0 Å². The monoisotopic (exact) mass is 489 g/mol. The number of rotatable bonds is 5. The third-order valence-electron chi connectivity index (χ3n) is 5.96. The van der Waals surface area contributed by atoms with Crippen molar-refractivity contribution >= 4 is 49.9 Å². The molecule has 1 atom stereocenters. The van der Waals surface area contributed by atoms with Gasteiger partial charge in [-0.05, 0) is 50.0 Å². The van der Waals surface area contributed by atoms with Crippen molar-refractivity contribution in [3.63, 3.8) is 0 Å². The minimum atomic E-state index is -0.475. The second-order valence-corrected chi connectivity index (χ2v) is 11.3. The quantitative estimate of drug-likeness (QED) is 0.545. The molecule has 0 unspecified atom stereocenters. The van der Waals surface area contributed by atoms with Crippen LogP contribution in [0.15, 0.2) is 4.79 Å². The molecule has 0 spiro atoms. The molecule has 1 amide bonds. The third kappa shape index (κ3) is 4.70. The Hall–Kier alpha value is -2.66. The zero-order valence-corrected chi connectivity index (χ0v) is 21.0. The number of carbonyl (C=O) groups is 2. The maximum absolute atomic E-state index is 13.2. The van der Waals surface area contributed by atoms with E-state index in [1.165, 1.54) is 16.2 Å². The molecule has 0 radical (unpaired) electrons. The fourth-order valence-electron chi connectivity index (χ4n) is 4.10. The maximum Gasteiger partial charge on any atom is 0.350 e. The second-order valence-electron chi connectivity index (χ2n) is 9.24. The number of carbonyl (C=O) groups excluding carboxylic acids is 2. The first-order valence-electron chi connectivity index (χ1n) is 10.9. The molecule has 9 nitrogen and oxygen atoms in total. The molecule has 3 aromatic rings. The molecule has 176 valence electrons. The Morgan fingerprint density at radius 1 is 1.27 bits per heavy atom.